The Hall–Kier alpha value is -4.49. The number of methoxy groups -OCH3 is 1. The van der Waals surface area contributed by atoms with Crippen LogP contribution in [0, 0.1) is 29.1 Å². The third kappa shape index (κ3) is 9.16. The summed E-state index contributed by atoms with van der Waals surface area (Å²) in [5, 5.41) is 5.03. The highest BCUT2D eigenvalue weighted by atomic mass is 32.2. The molecule has 20 heteroatoms. The summed E-state index contributed by atoms with van der Waals surface area (Å²) in [5.41, 5.74) is -2.95. The highest BCUT2D eigenvalue weighted by molar-refractivity contribution is 7.91. The van der Waals surface area contributed by atoms with E-state index in [4.69, 9.17) is 14.2 Å². The first kappa shape index (κ1) is 44.1. The molecule has 4 fully saturated rings. The second kappa shape index (κ2) is 16.5. The van der Waals surface area contributed by atoms with Crippen molar-refractivity contribution in [1.82, 2.24) is 30.2 Å². The van der Waals surface area contributed by atoms with E-state index in [1.165, 1.54) is 26.2 Å². The molecule has 2 heterocycles. The molecule has 0 radical (unpaired) electrons. The smallest absolute Gasteiger partial charge is 0.408 e. The number of nitrogens with zero attached hydrogens (tertiary/aromatic N) is 3. The molecule has 1 saturated heterocycles. The zero-order valence-electron chi connectivity index (χ0n) is 33.9. The molecule has 3 N–H and O–H groups in total. The molecule has 0 unspecified atom stereocenters. The number of halogens is 4. The summed E-state index contributed by atoms with van der Waals surface area (Å²) in [6.07, 6.45) is -3.34. The van der Waals surface area contributed by atoms with Crippen molar-refractivity contribution >= 4 is 44.9 Å². The monoisotopic (exact) mass is 856 g/mol. The third-order valence-electron chi connectivity index (χ3n) is 12.0. The van der Waals surface area contributed by atoms with Crippen LogP contribution in [0.15, 0.2) is 18.2 Å². The van der Waals surface area contributed by atoms with Crippen molar-refractivity contribution in [3.63, 3.8) is 0 Å². The van der Waals surface area contributed by atoms with Crippen molar-refractivity contribution in [2.24, 2.45) is 23.2 Å². The molecule has 6 rings (SSSR count). The zero-order chi connectivity index (χ0) is 43.2. The summed E-state index contributed by atoms with van der Waals surface area (Å²) in [7, 11) is -2.87. The lowest BCUT2D eigenvalue weighted by Crippen LogP contribution is -2.61. The van der Waals surface area contributed by atoms with Gasteiger partial charge in [-0.25, -0.2) is 32.0 Å². The topological polar surface area (TPSA) is 195 Å². The van der Waals surface area contributed by atoms with Gasteiger partial charge in [0.1, 0.15) is 35.6 Å². The summed E-state index contributed by atoms with van der Waals surface area (Å²) >= 11 is 0. The fraction of sp³-hybridized carbons (Fsp3) is 0.692. The van der Waals surface area contributed by atoms with E-state index in [-0.39, 0.29) is 42.8 Å². The number of fused-ring (bicyclic) bond motifs is 1. The molecule has 2 aromatic rings. The number of sulfonamides is 1. The SMILES string of the molecule is CC[C@@H]1[C@@H](Oc2nc3cc(OC)ccc3nc2F)CN(C(=O)[C@@H](NC(=O)O[C@@H]2C[C@H]2CCCCF)C(C)(C)C)[C@@H]1C(=O)N[C@]1(C(=O)NS(=O)(=O)C2(C)CC2)C[C@H]1C(F)F. The molecule has 15 nitrogen and oxygen atoms in total. The Bertz CT molecular complexity index is 2070. The van der Waals surface area contributed by atoms with E-state index in [9.17, 15) is 40.8 Å². The summed E-state index contributed by atoms with van der Waals surface area (Å²) in [4.78, 5) is 65.4. The normalized spacial score (nSPS) is 27.5. The van der Waals surface area contributed by atoms with Gasteiger partial charge in [0.25, 0.3) is 17.7 Å². The van der Waals surface area contributed by atoms with Crippen molar-refractivity contribution in [3.8, 4) is 11.6 Å². The van der Waals surface area contributed by atoms with Gasteiger partial charge >= 0.3 is 6.09 Å². The molecule has 4 amide bonds. The van der Waals surface area contributed by atoms with Gasteiger partial charge in [0, 0.05) is 12.0 Å². The van der Waals surface area contributed by atoms with Crippen LogP contribution in [-0.2, 0) is 29.1 Å². The Morgan fingerprint density at radius 1 is 1.07 bits per heavy atom. The molecule has 3 saturated carbocycles. The van der Waals surface area contributed by atoms with Crippen LogP contribution in [0.2, 0.25) is 0 Å². The second-order valence-electron chi connectivity index (χ2n) is 17.4. The number of rotatable bonds is 17. The largest absolute Gasteiger partial charge is 0.497 e. The summed E-state index contributed by atoms with van der Waals surface area (Å²) in [6.45, 7) is 7.21. The maximum absolute atomic E-state index is 15.5. The van der Waals surface area contributed by atoms with Crippen molar-refractivity contribution in [1.29, 1.82) is 0 Å². The third-order valence-corrected chi connectivity index (χ3v) is 14.2. The number of nitrogens with one attached hydrogen (secondary N) is 3. The van der Waals surface area contributed by atoms with Crippen molar-refractivity contribution < 1.29 is 59.4 Å². The number of carbonyl (C=O) groups is 4. The highest BCUT2D eigenvalue weighted by Crippen LogP contribution is 2.50. The van der Waals surface area contributed by atoms with Crippen LogP contribution >= 0.6 is 0 Å². The summed E-state index contributed by atoms with van der Waals surface area (Å²) in [5.74, 6) is -7.12. The van der Waals surface area contributed by atoms with Crippen LogP contribution < -0.4 is 24.8 Å². The number of likely N-dealkylation sites (tertiary alicyclic amines) is 1. The van der Waals surface area contributed by atoms with E-state index in [2.05, 4.69) is 20.6 Å². The van der Waals surface area contributed by atoms with Gasteiger partial charge in [-0.3, -0.25) is 23.5 Å². The Kier molecular flexibility index (Phi) is 12.3. The lowest BCUT2D eigenvalue weighted by atomic mass is 9.85. The number of alkyl carbamates (subject to hydrolysis) is 1. The number of ether oxygens (including phenoxy) is 3. The molecule has 1 aromatic heterocycles. The highest BCUT2D eigenvalue weighted by Gasteiger charge is 2.68. The maximum atomic E-state index is 15.5. The number of unbranched alkanes of at least 4 members (excludes halogenated alkanes) is 1. The standard InChI is InChI=1S/C39H52F4N6O9S/c1-7-22-27(57-33-31(43)44-24-12-11-21(56-6)17-25(24)45-33)19-49(34(51)29(37(2,3)4)46-36(53)58-26-16-20(26)10-8-9-15-40)28(22)32(50)47-39(18-23(39)30(41)42)35(52)48-59(54,55)38(5)13-14-38/h11-12,17,20,22-23,26-30H,7-10,13-16,18-19H2,1-6H3,(H,46,53)(H,47,50)(H,48,52)/t20-,22-,23+,26-,27+,28+,29-,39-/m1/s1. The minimum absolute atomic E-state index is 0.0526. The first-order chi connectivity index (χ1) is 27.7. The molecular formula is C39H52F4N6O9S. The van der Waals surface area contributed by atoms with E-state index >= 15 is 4.39 Å². The Morgan fingerprint density at radius 3 is 2.37 bits per heavy atom. The number of hydrogen-bond acceptors (Lipinski definition) is 11. The van der Waals surface area contributed by atoms with Crippen LogP contribution in [0.1, 0.15) is 86.0 Å². The van der Waals surface area contributed by atoms with Crippen molar-refractivity contribution in [2.45, 2.75) is 127 Å². The predicted molar refractivity (Wildman–Crippen MR) is 204 cm³/mol. The molecular weight excluding hydrogens is 805 g/mol. The van der Waals surface area contributed by atoms with Gasteiger partial charge in [0.05, 0.1) is 42.0 Å². The van der Waals surface area contributed by atoms with E-state index < -0.39 is 117 Å². The van der Waals surface area contributed by atoms with Gasteiger partial charge in [-0.15, -0.1) is 0 Å². The van der Waals surface area contributed by atoms with Crippen LogP contribution in [0.5, 0.6) is 11.6 Å². The molecule has 0 spiro atoms. The minimum Gasteiger partial charge on any atom is -0.497 e. The number of benzene rings is 1. The second-order valence-corrected chi connectivity index (χ2v) is 19.6. The van der Waals surface area contributed by atoms with Gasteiger partial charge in [-0.2, -0.15) is 4.39 Å². The Balaban J connectivity index is 1.31. The number of alkyl halides is 3. The van der Waals surface area contributed by atoms with Crippen LogP contribution in [0.4, 0.5) is 22.4 Å². The summed E-state index contributed by atoms with van der Waals surface area (Å²) in [6, 6.07) is 1.66. The lowest BCUT2D eigenvalue weighted by molar-refractivity contribution is -0.144. The molecule has 3 aliphatic carbocycles. The number of carbonyl (C=O) groups excluding carboxylic acids is 4. The molecule has 1 aromatic carbocycles. The van der Waals surface area contributed by atoms with Crippen molar-refractivity contribution in [2.75, 3.05) is 20.3 Å². The quantitative estimate of drug-likeness (QED) is 0.149. The van der Waals surface area contributed by atoms with Gasteiger partial charge in [0.2, 0.25) is 28.3 Å². The Morgan fingerprint density at radius 2 is 1.78 bits per heavy atom. The van der Waals surface area contributed by atoms with Crippen LogP contribution in [-0.4, -0.2) is 108 Å². The predicted octanol–water partition coefficient (Wildman–Crippen LogP) is 4.57. The first-order valence-corrected chi connectivity index (χ1v) is 21.4. The maximum Gasteiger partial charge on any atom is 0.408 e. The van der Waals surface area contributed by atoms with Gasteiger partial charge in [-0.05, 0) is 75.3 Å². The number of amides is 4. The minimum atomic E-state index is -4.30. The van der Waals surface area contributed by atoms with Crippen LogP contribution in [0.3, 0.4) is 0 Å². The van der Waals surface area contributed by atoms with Gasteiger partial charge in [-0.1, -0.05) is 34.1 Å². The van der Waals surface area contributed by atoms with Crippen LogP contribution in [0.25, 0.3) is 11.0 Å². The van der Waals surface area contributed by atoms with E-state index in [1.54, 1.807) is 33.8 Å². The average Bonchev–Trinajstić information content (AvgIpc) is 4.12. The molecule has 4 aliphatic rings. The van der Waals surface area contributed by atoms with E-state index in [0.29, 0.717) is 31.4 Å². The van der Waals surface area contributed by atoms with Crippen molar-refractivity contribution in [3.05, 3.63) is 24.1 Å². The molecule has 0 bridgehead atoms. The molecule has 326 valence electrons. The average molecular weight is 857 g/mol. The first-order valence-electron chi connectivity index (χ1n) is 19.9. The molecule has 8 atom stereocenters. The number of aromatic nitrogens is 2. The fourth-order valence-electron chi connectivity index (χ4n) is 7.79. The number of hydrogen-bond donors (Lipinski definition) is 3. The van der Waals surface area contributed by atoms with E-state index in [0.717, 1.165) is 4.90 Å². The lowest BCUT2D eigenvalue weighted by Gasteiger charge is -2.36. The molecule has 59 heavy (non-hydrogen) atoms. The van der Waals surface area contributed by atoms with E-state index in [1.807, 2.05) is 4.72 Å². The summed E-state index contributed by atoms with van der Waals surface area (Å²) < 4.78 is 100. The van der Waals surface area contributed by atoms with Gasteiger partial charge in [0.15, 0.2) is 0 Å². The fourth-order valence-corrected chi connectivity index (χ4v) is 9.11. The van der Waals surface area contributed by atoms with Gasteiger partial charge < -0.3 is 29.7 Å². The zero-order valence-corrected chi connectivity index (χ0v) is 34.7. The Labute approximate surface area is 340 Å². The molecule has 1 aliphatic heterocycles.